The number of fused-ring (bicyclic) bond motifs is 1. The molecule has 4 aromatic rings. The van der Waals surface area contributed by atoms with Gasteiger partial charge in [0.25, 0.3) is 5.91 Å². The lowest BCUT2D eigenvalue weighted by Crippen LogP contribution is -2.52. The summed E-state index contributed by atoms with van der Waals surface area (Å²) in [7, 11) is 0. The second-order valence-corrected chi connectivity index (χ2v) is 10.7. The van der Waals surface area contributed by atoms with E-state index in [1.54, 1.807) is 6.20 Å². The van der Waals surface area contributed by atoms with Gasteiger partial charge in [-0.3, -0.25) is 14.5 Å². The third-order valence-electron chi connectivity index (χ3n) is 7.31. The lowest BCUT2D eigenvalue weighted by Gasteiger charge is -2.37. The number of benzene rings is 2. The van der Waals surface area contributed by atoms with Crippen LogP contribution in [-0.2, 0) is 4.79 Å². The molecule has 7 nitrogen and oxygen atoms in total. The highest BCUT2D eigenvalue weighted by molar-refractivity contribution is 7.11. The van der Waals surface area contributed by atoms with Crippen LogP contribution >= 0.6 is 11.3 Å². The number of amides is 2. The molecule has 2 fully saturated rings. The first-order valence-corrected chi connectivity index (χ1v) is 13.3. The summed E-state index contributed by atoms with van der Waals surface area (Å²) < 4.78 is 2.21. The second kappa shape index (κ2) is 9.19. The number of aryl methyl sites for hydroxylation is 2. The van der Waals surface area contributed by atoms with E-state index in [9.17, 15) is 9.59 Å². The Kier molecular flexibility index (Phi) is 5.85. The summed E-state index contributed by atoms with van der Waals surface area (Å²) in [5, 5.41) is 3.50. The number of hydrogen-bond donors (Lipinski definition) is 0. The van der Waals surface area contributed by atoms with Crippen LogP contribution in [0.4, 0.5) is 5.69 Å². The van der Waals surface area contributed by atoms with Crippen molar-refractivity contribution in [3.8, 4) is 5.69 Å². The van der Waals surface area contributed by atoms with Crippen molar-refractivity contribution >= 4 is 39.7 Å². The van der Waals surface area contributed by atoms with E-state index in [1.807, 2.05) is 15.2 Å². The van der Waals surface area contributed by atoms with Gasteiger partial charge in [0.1, 0.15) is 0 Å². The lowest BCUT2D eigenvalue weighted by molar-refractivity contribution is -0.117. The van der Waals surface area contributed by atoms with Crippen molar-refractivity contribution in [1.82, 2.24) is 19.4 Å². The average molecular weight is 500 g/mol. The van der Waals surface area contributed by atoms with Crippen LogP contribution in [0.3, 0.4) is 0 Å². The molecule has 1 unspecified atom stereocenters. The molecule has 2 saturated heterocycles. The molecule has 184 valence electrons. The van der Waals surface area contributed by atoms with Crippen LogP contribution in [0, 0.1) is 13.8 Å². The number of piperazine rings is 1. The molecule has 1 atom stereocenters. The molecule has 0 saturated carbocycles. The van der Waals surface area contributed by atoms with Crippen molar-refractivity contribution in [3.63, 3.8) is 0 Å². The first-order chi connectivity index (χ1) is 17.5. The molecule has 6 rings (SSSR count). The van der Waals surface area contributed by atoms with E-state index in [-0.39, 0.29) is 17.9 Å². The monoisotopic (exact) mass is 499 g/mol. The second-order valence-electron chi connectivity index (χ2n) is 9.80. The molecule has 36 heavy (non-hydrogen) atoms. The van der Waals surface area contributed by atoms with Crippen LogP contribution in [0.2, 0.25) is 0 Å². The highest BCUT2D eigenvalue weighted by Crippen LogP contribution is 2.30. The van der Waals surface area contributed by atoms with E-state index in [0.29, 0.717) is 31.1 Å². The molecule has 8 heteroatoms. The van der Waals surface area contributed by atoms with Crippen molar-refractivity contribution in [2.45, 2.75) is 26.3 Å². The van der Waals surface area contributed by atoms with Gasteiger partial charge in [0.2, 0.25) is 5.91 Å². The van der Waals surface area contributed by atoms with E-state index in [2.05, 4.69) is 77.0 Å². The minimum atomic E-state index is 0.00911. The van der Waals surface area contributed by atoms with Crippen LogP contribution in [0.15, 0.2) is 60.2 Å². The Morgan fingerprint density at radius 3 is 2.47 bits per heavy atom. The van der Waals surface area contributed by atoms with Gasteiger partial charge >= 0.3 is 0 Å². The van der Waals surface area contributed by atoms with Crippen molar-refractivity contribution in [1.29, 1.82) is 0 Å². The maximum atomic E-state index is 13.0. The lowest BCUT2D eigenvalue weighted by atomic mass is 10.1. The Hall–Kier alpha value is -3.49. The number of thiazole rings is 1. The number of hydrogen-bond acceptors (Lipinski definition) is 5. The predicted octanol–water partition coefficient (Wildman–Crippen LogP) is 4.27. The molecule has 0 N–H and O–H groups in total. The maximum Gasteiger partial charge on any atom is 0.282 e. The van der Waals surface area contributed by atoms with Crippen molar-refractivity contribution < 1.29 is 9.59 Å². The zero-order valence-electron chi connectivity index (χ0n) is 20.6. The Balaban J connectivity index is 1.15. The molecule has 2 aromatic carbocycles. The quantitative estimate of drug-likeness (QED) is 0.421. The van der Waals surface area contributed by atoms with E-state index in [0.717, 1.165) is 35.4 Å². The van der Waals surface area contributed by atoms with Crippen LogP contribution in [0.1, 0.15) is 27.3 Å². The van der Waals surface area contributed by atoms with Gasteiger partial charge in [0, 0.05) is 79.7 Å². The molecule has 2 aliphatic heterocycles. The van der Waals surface area contributed by atoms with Gasteiger partial charge in [-0.25, -0.2) is 4.98 Å². The third kappa shape index (κ3) is 4.20. The molecule has 2 aromatic heterocycles. The minimum absolute atomic E-state index is 0.00911. The van der Waals surface area contributed by atoms with Gasteiger partial charge < -0.3 is 14.4 Å². The van der Waals surface area contributed by atoms with Crippen molar-refractivity contribution in [2.24, 2.45) is 0 Å². The number of rotatable bonds is 4. The summed E-state index contributed by atoms with van der Waals surface area (Å²) >= 11 is 1.38. The van der Waals surface area contributed by atoms with Gasteiger partial charge in [0.15, 0.2) is 5.01 Å². The number of carbonyl (C=O) groups is 2. The number of nitrogens with zero attached hydrogens (tertiary/aromatic N) is 5. The summed E-state index contributed by atoms with van der Waals surface area (Å²) in [4.78, 5) is 35.9. The molecular formula is C28H29N5O2S. The fourth-order valence-electron chi connectivity index (χ4n) is 5.55. The molecule has 0 bridgehead atoms. The first kappa shape index (κ1) is 22.9. The van der Waals surface area contributed by atoms with Crippen LogP contribution in [0.5, 0.6) is 0 Å². The maximum absolute atomic E-state index is 13.0. The fraction of sp³-hybridized carbons (Fsp3) is 0.321. The summed E-state index contributed by atoms with van der Waals surface area (Å²) in [6, 6.07) is 15.2. The van der Waals surface area contributed by atoms with Crippen LogP contribution < -0.4 is 4.90 Å². The van der Waals surface area contributed by atoms with Gasteiger partial charge in [-0.05, 0) is 61.4 Å². The highest BCUT2D eigenvalue weighted by Gasteiger charge is 2.36. The van der Waals surface area contributed by atoms with Crippen LogP contribution in [0.25, 0.3) is 16.6 Å². The van der Waals surface area contributed by atoms with E-state index >= 15 is 0 Å². The van der Waals surface area contributed by atoms with E-state index < -0.39 is 0 Å². The molecule has 0 radical (unpaired) electrons. The topological polar surface area (TPSA) is 61.7 Å². The molecule has 0 aliphatic carbocycles. The average Bonchev–Trinajstić information content (AvgIpc) is 3.62. The first-order valence-electron chi connectivity index (χ1n) is 12.4. The zero-order valence-corrected chi connectivity index (χ0v) is 21.4. The Morgan fingerprint density at radius 1 is 0.972 bits per heavy atom. The molecule has 2 amide bonds. The summed E-state index contributed by atoms with van der Waals surface area (Å²) in [6.07, 6.45) is 4.29. The minimum Gasteiger partial charge on any atom is -0.334 e. The van der Waals surface area contributed by atoms with Crippen LogP contribution in [-0.4, -0.2) is 69.9 Å². The number of carbonyl (C=O) groups excluding carboxylic acids is 2. The number of anilines is 1. The largest absolute Gasteiger partial charge is 0.334 e. The zero-order chi connectivity index (χ0) is 24.8. The van der Waals surface area contributed by atoms with Gasteiger partial charge in [-0.1, -0.05) is 6.07 Å². The molecule has 0 spiro atoms. The Labute approximate surface area is 214 Å². The molecular weight excluding hydrogens is 470 g/mol. The van der Waals surface area contributed by atoms with Gasteiger partial charge in [-0.15, -0.1) is 11.3 Å². The van der Waals surface area contributed by atoms with Crippen molar-refractivity contribution in [3.05, 3.63) is 76.4 Å². The standard InChI is InChI=1S/C28H29N5O2S/c1-19-13-20(2)15-23(14-19)32-7-5-21-16-22(3-4-25(21)32)33-18-24(17-26(33)34)30-8-10-31(11-9-30)28(35)27-29-6-12-36-27/h3-7,12-16,24H,8-11,17-18H2,1-2H3. The third-order valence-corrected chi connectivity index (χ3v) is 8.07. The van der Waals surface area contributed by atoms with Crippen molar-refractivity contribution in [2.75, 3.05) is 37.6 Å². The van der Waals surface area contributed by atoms with E-state index in [1.165, 1.54) is 22.5 Å². The molecule has 2 aliphatic rings. The summed E-state index contributed by atoms with van der Waals surface area (Å²) in [6.45, 7) is 7.81. The molecule has 4 heterocycles. The highest BCUT2D eigenvalue weighted by atomic mass is 32.1. The fourth-order valence-corrected chi connectivity index (χ4v) is 6.15. The normalized spacial score (nSPS) is 18.9. The summed E-state index contributed by atoms with van der Waals surface area (Å²) in [5.74, 6) is 0.171. The van der Waals surface area contributed by atoms with Gasteiger partial charge in [-0.2, -0.15) is 0 Å². The Bertz CT molecular complexity index is 1420. The Morgan fingerprint density at radius 2 is 1.75 bits per heavy atom. The number of aromatic nitrogens is 2. The van der Waals surface area contributed by atoms with Gasteiger partial charge in [0.05, 0.1) is 5.52 Å². The smallest absolute Gasteiger partial charge is 0.282 e. The predicted molar refractivity (Wildman–Crippen MR) is 143 cm³/mol. The SMILES string of the molecule is Cc1cc(C)cc(-n2ccc3cc(N4CC(N5CCN(C(=O)c6nccs6)CC5)CC4=O)ccc32)c1. The van der Waals surface area contributed by atoms with E-state index in [4.69, 9.17) is 0 Å². The summed E-state index contributed by atoms with van der Waals surface area (Å²) in [5.41, 5.74) is 5.72.